The summed E-state index contributed by atoms with van der Waals surface area (Å²) in [4.78, 5) is 21.9. The molecule has 0 saturated heterocycles. The molecule has 0 N–H and O–H groups in total. The number of esters is 1. The highest BCUT2D eigenvalue weighted by Gasteiger charge is 2.13. The van der Waals surface area contributed by atoms with Crippen molar-refractivity contribution in [3.63, 3.8) is 0 Å². The second-order valence-electron chi connectivity index (χ2n) is 4.35. The van der Waals surface area contributed by atoms with Crippen molar-refractivity contribution in [2.24, 2.45) is 0 Å². The topological polar surface area (TPSA) is 73.8 Å². The number of carbonyl (C=O) groups is 1. The number of hydrogen-bond donors (Lipinski definition) is 0. The van der Waals surface area contributed by atoms with Crippen LogP contribution in [0.15, 0.2) is 6.07 Å². The van der Waals surface area contributed by atoms with Crippen molar-refractivity contribution in [3.05, 3.63) is 11.9 Å². The Hall–Kier alpha value is -1.89. The van der Waals surface area contributed by atoms with Gasteiger partial charge in [0.2, 0.25) is 5.88 Å². The van der Waals surface area contributed by atoms with Crippen LogP contribution in [-0.4, -0.2) is 56.5 Å². The highest BCUT2D eigenvalue weighted by atomic mass is 16.5. The molecule has 0 aliphatic carbocycles. The smallest absolute Gasteiger partial charge is 0.307 e. The third-order valence-electron chi connectivity index (χ3n) is 2.80. The van der Waals surface area contributed by atoms with Gasteiger partial charge in [0.1, 0.15) is 11.6 Å². The van der Waals surface area contributed by atoms with E-state index in [1.54, 1.807) is 20.1 Å². The van der Waals surface area contributed by atoms with Crippen molar-refractivity contribution in [1.29, 1.82) is 0 Å². The zero-order valence-corrected chi connectivity index (χ0v) is 13.1. The van der Waals surface area contributed by atoms with Gasteiger partial charge in [-0.05, 0) is 13.8 Å². The Balaban J connectivity index is 2.87. The predicted molar refractivity (Wildman–Crippen MR) is 78.7 cm³/mol. The van der Waals surface area contributed by atoms with Crippen LogP contribution in [0.5, 0.6) is 5.88 Å². The van der Waals surface area contributed by atoms with E-state index in [2.05, 4.69) is 14.7 Å². The zero-order chi connectivity index (χ0) is 15.7. The number of ether oxygens (including phenoxy) is 3. The Morgan fingerprint density at radius 2 is 2.05 bits per heavy atom. The predicted octanol–water partition coefficient (Wildman–Crippen LogP) is 1.20. The fourth-order valence-electron chi connectivity index (χ4n) is 1.78. The molecule has 0 aliphatic rings. The van der Waals surface area contributed by atoms with E-state index in [-0.39, 0.29) is 12.4 Å². The molecule has 0 saturated carbocycles. The lowest BCUT2D eigenvalue weighted by atomic mass is 10.3. The largest absolute Gasteiger partial charge is 0.478 e. The number of anilines is 1. The van der Waals surface area contributed by atoms with Crippen molar-refractivity contribution in [2.75, 3.05) is 45.4 Å². The summed E-state index contributed by atoms with van der Waals surface area (Å²) in [5.41, 5.74) is 0. The molecule has 0 aromatic carbocycles. The Kier molecular flexibility index (Phi) is 7.45. The lowest BCUT2D eigenvalue weighted by Crippen LogP contribution is -2.31. The molecule has 0 spiro atoms. The van der Waals surface area contributed by atoms with Gasteiger partial charge in [-0.1, -0.05) is 0 Å². The second-order valence-corrected chi connectivity index (χ2v) is 4.35. The van der Waals surface area contributed by atoms with Crippen molar-refractivity contribution in [2.45, 2.75) is 20.3 Å². The van der Waals surface area contributed by atoms with Crippen LogP contribution in [0.25, 0.3) is 0 Å². The molecule has 0 amide bonds. The molecule has 1 heterocycles. The van der Waals surface area contributed by atoms with Gasteiger partial charge in [0, 0.05) is 26.3 Å². The molecule has 0 fully saturated rings. The Bertz CT molecular complexity index is 454. The fraction of sp³-hybridized carbons (Fsp3) is 0.643. The lowest BCUT2D eigenvalue weighted by Gasteiger charge is -2.23. The SMILES string of the molecule is CCOc1cc(N(CCOC)CCC(=O)OC)nc(C)n1. The molecule has 0 radical (unpaired) electrons. The van der Waals surface area contributed by atoms with E-state index in [0.717, 1.165) is 0 Å². The molecule has 1 aromatic rings. The van der Waals surface area contributed by atoms with Crippen LogP contribution in [0, 0.1) is 6.92 Å². The molecule has 1 rings (SSSR count). The Morgan fingerprint density at radius 3 is 2.67 bits per heavy atom. The number of aryl methyl sites for hydroxylation is 1. The summed E-state index contributed by atoms with van der Waals surface area (Å²) >= 11 is 0. The fourth-order valence-corrected chi connectivity index (χ4v) is 1.78. The van der Waals surface area contributed by atoms with Crippen molar-refractivity contribution in [3.8, 4) is 5.88 Å². The molecule has 1 aromatic heterocycles. The van der Waals surface area contributed by atoms with Gasteiger partial charge in [-0.3, -0.25) is 4.79 Å². The van der Waals surface area contributed by atoms with Gasteiger partial charge in [-0.2, -0.15) is 4.98 Å². The number of methoxy groups -OCH3 is 2. The van der Waals surface area contributed by atoms with Gasteiger partial charge in [-0.15, -0.1) is 0 Å². The van der Waals surface area contributed by atoms with E-state index in [4.69, 9.17) is 9.47 Å². The molecule has 7 nitrogen and oxygen atoms in total. The number of rotatable bonds is 9. The van der Waals surface area contributed by atoms with E-state index in [0.29, 0.717) is 43.8 Å². The summed E-state index contributed by atoms with van der Waals surface area (Å²) in [6.07, 6.45) is 0.285. The average molecular weight is 297 g/mol. The second kappa shape index (κ2) is 9.12. The minimum Gasteiger partial charge on any atom is -0.478 e. The van der Waals surface area contributed by atoms with Crippen LogP contribution < -0.4 is 9.64 Å². The van der Waals surface area contributed by atoms with Crippen LogP contribution in [-0.2, 0) is 14.3 Å². The molecular formula is C14H23N3O4. The molecule has 7 heteroatoms. The summed E-state index contributed by atoms with van der Waals surface area (Å²) in [6, 6.07) is 1.77. The van der Waals surface area contributed by atoms with Crippen molar-refractivity contribution < 1.29 is 19.0 Å². The van der Waals surface area contributed by atoms with E-state index < -0.39 is 0 Å². The number of carbonyl (C=O) groups excluding carboxylic acids is 1. The van der Waals surface area contributed by atoms with Gasteiger partial charge in [0.25, 0.3) is 0 Å². The van der Waals surface area contributed by atoms with Crippen LogP contribution in [0.4, 0.5) is 5.82 Å². The Labute approximate surface area is 125 Å². The monoisotopic (exact) mass is 297 g/mol. The number of hydrogen-bond acceptors (Lipinski definition) is 7. The first-order valence-corrected chi connectivity index (χ1v) is 6.89. The van der Waals surface area contributed by atoms with Gasteiger partial charge in [0.15, 0.2) is 0 Å². The lowest BCUT2D eigenvalue weighted by molar-refractivity contribution is -0.140. The zero-order valence-electron chi connectivity index (χ0n) is 13.1. The summed E-state index contributed by atoms with van der Waals surface area (Å²) < 4.78 is 15.2. The van der Waals surface area contributed by atoms with Crippen molar-refractivity contribution in [1.82, 2.24) is 9.97 Å². The van der Waals surface area contributed by atoms with Gasteiger partial charge >= 0.3 is 5.97 Å². The summed E-state index contributed by atoms with van der Waals surface area (Å²) in [6.45, 7) is 5.90. The van der Waals surface area contributed by atoms with Gasteiger partial charge in [0.05, 0.1) is 26.7 Å². The summed E-state index contributed by atoms with van der Waals surface area (Å²) in [5.74, 6) is 1.61. The third-order valence-corrected chi connectivity index (χ3v) is 2.80. The van der Waals surface area contributed by atoms with Crippen LogP contribution >= 0.6 is 0 Å². The van der Waals surface area contributed by atoms with Crippen molar-refractivity contribution >= 4 is 11.8 Å². The number of aromatic nitrogens is 2. The van der Waals surface area contributed by atoms with E-state index >= 15 is 0 Å². The minimum absolute atomic E-state index is 0.256. The molecule has 118 valence electrons. The average Bonchev–Trinajstić information content (AvgIpc) is 2.46. The maximum absolute atomic E-state index is 11.3. The van der Waals surface area contributed by atoms with E-state index in [1.165, 1.54) is 7.11 Å². The highest BCUT2D eigenvalue weighted by Crippen LogP contribution is 2.18. The molecule has 0 atom stereocenters. The normalized spacial score (nSPS) is 10.3. The van der Waals surface area contributed by atoms with Crippen LogP contribution in [0.2, 0.25) is 0 Å². The molecule has 0 aliphatic heterocycles. The summed E-state index contributed by atoms with van der Waals surface area (Å²) in [7, 11) is 3.01. The van der Waals surface area contributed by atoms with E-state index in [9.17, 15) is 4.79 Å². The first kappa shape index (κ1) is 17.2. The maximum Gasteiger partial charge on any atom is 0.307 e. The quantitative estimate of drug-likeness (QED) is 0.634. The first-order valence-electron chi connectivity index (χ1n) is 6.89. The Morgan fingerprint density at radius 1 is 1.29 bits per heavy atom. The van der Waals surface area contributed by atoms with Gasteiger partial charge in [-0.25, -0.2) is 4.98 Å². The molecule has 21 heavy (non-hydrogen) atoms. The minimum atomic E-state index is -0.256. The third kappa shape index (κ3) is 5.95. The summed E-state index contributed by atoms with van der Waals surface area (Å²) in [5, 5.41) is 0. The van der Waals surface area contributed by atoms with Gasteiger partial charge < -0.3 is 19.1 Å². The van der Waals surface area contributed by atoms with Crippen LogP contribution in [0.3, 0.4) is 0 Å². The molecule has 0 bridgehead atoms. The first-order chi connectivity index (χ1) is 10.1. The maximum atomic E-state index is 11.3. The number of nitrogens with zero attached hydrogens (tertiary/aromatic N) is 3. The molecular weight excluding hydrogens is 274 g/mol. The highest BCUT2D eigenvalue weighted by molar-refractivity contribution is 5.69. The van der Waals surface area contributed by atoms with E-state index in [1.807, 2.05) is 11.8 Å². The molecule has 0 unspecified atom stereocenters. The van der Waals surface area contributed by atoms with Crippen LogP contribution in [0.1, 0.15) is 19.2 Å². The standard InChI is InChI=1S/C14H23N3O4/c1-5-21-13-10-12(15-11(2)16-13)17(8-9-19-3)7-6-14(18)20-4/h10H,5-9H2,1-4H3.